The van der Waals surface area contributed by atoms with Crippen LogP contribution in [0.4, 0.5) is 0 Å². The zero-order chi connectivity index (χ0) is 11.5. The number of ketones is 1. The van der Waals surface area contributed by atoms with E-state index in [0.717, 1.165) is 11.1 Å². The molecule has 1 aromatic carbocycles. The lowest BCUT2D eigenvalue weighted by molar-refractivity contribution is -0.116. The highest BCUT2D eigenvalue weighted by Gasteiger charge is 2.13. The molecule has 0 saturated carbocycles. The Morgan fingerprint density at radius 3 is 2.60 bits per heavy atom. The van der Waals surface area contributed by atoms with E-state index in [1.54, 1.807) is 12.1 Å². The summed E-state index contributed by atoms with van der Waals surface area (Å²) >= 11 is 0. The molecule has 0 unspecified atom stereocenters. The van der Waals surface area contributed by atoms with Crippen molar-refractivity contribution in [3.8, 4) is 0 Å². The fourth-order valence-corrected chi connectivity index (χ4v) is 1.81. The monoisotopic (exact) mass is 228 g/mol. The minimum atomic E-state index is -4.20. The van der Waals surface area contributed by atoms with Crippen molar-refractivity contribution in [1.29, 1.82) is 0 Å². The molecule has 4 nitrogen and oxygen atoms in total. The minimum absolute atomic E-state index is 0.0292. The van der Waals surface area contributed by atoms with Crippen LogP contribution in [0.25, 0.3) is 0 Å². The summed E-state index contributed by atoms with van der Waals surface area (Å²) in [6, 6.07) is 7.24. The second-order valence-electron chi connectivity index (χ2n) is 3.43. The van der Waals surface area contributed by atoms with Gasteiger partial charge in [0.15, 0.2) is 5.78 Å². The fourth-order valence-electron chi connectivity index (χ4n) is 1.30. The highest BCUT2D eigenvalue weighted by atomic mass is 32.2. The summed E-state index contributed by atoms with van der Waals surface area (Å²) in [4.78, 5) is 11.2. The highest BCUT2D eigenvalue weighted by Crippen LogP contribution is 2.05. The van der Waals surface area contributed by atoms with E-state index in [1.807, 2.05) is 19.1 Å². The third kappa shape index (κ3) is 4.71. The molecule has 0 amide bonds. The molecule has 0 heterocycles. The quantitative estimate of drug-likeness (QED) is 0.780. The van der Waals surface area contributed by atoms with Crippen LogP contribution in [-0.4, -0.2) is 24.5 Å². The first-order chi connectivity index (χ1) is 6.87. The molecule has 0 fully saturated rings. The molecule has 0 radical (unpaired) electrons. The van der Waals surface area contributed by atoms with Gasteiger partial charge in [0.2, 0.25) is 0 Å². The number of carbonyl (C=O) groups is 1. The molecule has 0 bridgehead atoms. The van der Waals surface area contributed by atoms with E-state index in [9.17, 15) is 13.2 Å². The number of hydrogen-bond donors (Lipinski definition) is 1. The van der Waals surface area contributed by atoms with Gasteiger partial charge in [0.25, 0.3) is 10.1 Å². The van der Waals surface area contributed by atoms with Gasteiger partial charge >= 0.3 is 0 Å². The Morgan fingerprint density at radius 1 is 1.40 bits per heavy atom. The molecule has 0 spiro atoms. The van der Waals surface area contributed by atoms with Crippen LogP contribution in [0, 0.1) is 6.92 Å². The van der Waals surface area contributed by atoms with Gasteiger partial charge in [-0.15, -0.1) is 0 Å². The molecular formula is C10H12O4S. The molecule has 0 aliphatic rings. The van der Waals surface area contributed by atoms with Crippen molar-refractivity contribution in [2.75, 3.05) is 5.75 Å². The summed E-state index contributed by atoms with van der Waals surface area (Å²) in [6.07, 6.45) is 0.0292. The maximum absolute atomic E-state index is 11.2. The van der Waals surface area contributed by atoms with Crippen LogP contribution in [0.2, 0.25) is 0 Å². The zero-order valence-electron chi connectivity index (χ0n) is 8.30. The van der Waals surface area contributed by atoms with E-state index < -0.39 is 21.7 Å². The maximum Gasteiger partial charge on any atom is 0.272 e. The third-order valence-electron chi connectivity index (χ3n) is 1.83. The SMILES string of the molecule is Cc1cccc(CC(=O)CS(=O)(=O)O)c1. The van der Waals surface area contributed by atoms with Crippen LogP contribution in [0.5, 0.6) is 0 Å². The Balaban J connectivity index is 2.67. The second kappa shape index (κ2) is 4.55. The highest BCUT2D eigenvalue weighted by molar-refractivity contribution is 7.86. The molecule has 0 saturated heterocycles. The summed E-state index contributed by atoms with van der Waals surface area (Å²) < 4.78 is 29.3. The van der Waals surface area contributed by atoms with Crippen LogP contribution in [0.1, 0.15) is 11.1 Å². The number of Topliss-reactive ketones (excluding diaryl/α,β-unsaturated/α-hetero) is 1. The summed E-state index contributed by atoms with van der Waals surface area (Å²) in [5.41, 5.74) is 1.76. The molecule has 5 heteroatoms. The Kier molecular flexibility index (Phi) is 3.60. The van der Waals surface area contributed by atoms with Crippen molar-refractivity contribution >= 4 is 15.9 Å². The topological polar surface area (TPSA) is 71.4 Å². The molecule has 82 valence electrons. The van der Waals surface area contributed by atoms with Crippen LogP contribution in [0.3, 0.4) is 0 Å². The predicted molar refractivity (Wildman–Crippen MR) is 56.3 cm³/mol. The third-order valence-corrected chi connectivity index (χ3v) is 2.51. The van der Waals surface area contributed by atoms with Gasteiger partial charge < -0.3 is 0 Å². The number of carbonyl (C=O) groups excluding carboxylic acids is 1. The van der Waals surface area contributed by atoms with Crippen molar-refractivity contribution in [3.63, 3.8) is 0 Å². The van der Waals surface area contributed by atoms with E-state index >= 15 is 0 Å². The van der Waals surface area contributed by atoms with E-state index in [1.165, 1.54) is 0 Å². The molecule has 0 aliphatic carbocycles. The minimum Gasteiger partial charge on any atom is -0.298 e. The number of aryl methyl sites for hydroxylation is 1. The van der Waals surface area contributed by atoms with Crippen molar-refractivity contribution < 1.29 is 17.8 Å². The first-order valence-corrected chi connectivity index (χ1v) is 6.00. The zero-order valence-corrected chi connectivity index (χ0v) is 9.12. The van der Waals surface area contributed by atoms with E-state index in [4.69, 9.17) is 4.55 Å². The van der Waals surface area contributed by atoms with Crippen LogP contribution in [-0.2, 0) is 21.3 Å². The first kappa shape index (κ1) is 11.9. The molecule has 1 N–H and O–H groups in total. The molecule has 0 atom stereocenters. The smallest absolute Gasteiger partial charge is 0.272 e. The second-order valence-corrected chi connectivity index (χ2v) is 4.88. The summed E-state index contributed by atoms with van der Waals surface area (Å²) in [6.45, 7) is 1.89. The molecular weight excluding hydrogens is 216 g/mol. The summed E-state index contributed by atoms with van der Waals surface area (Å²) in [7, 11) is -4.20. The number of hydrogen-bond acceptors (Lipinski definition) is 3. The van der Waals surface area contributed by atoms with Gasteiger partial charge in [0, 0.05) is 6.42 Å². The van der Waals surface area contributed by atoms with E-state index in [0.29, 0.717) is 0 Å². The Morgan fingerprint density at radius 2 is 2.07 bits per heavy atom. The molecule has 1 rings (SSSR count). The van der Waals surface area contributed by atoms with Crippen LogP contribution >= 0.6 is 0 Å². The maximum atomic E-state index is 11.2. The van der Waals surface area contributed by atoms with Crippen LogP contribution < -0.4 is 0 Å². The Hall–Kier alpha value is -1.20. The van der Waals surface area contributed by atoms with Crippen molar-refractivity contribution in [1.82, 2.24) is 0 Å². The molecule has 0 aliphatic heterocycles. The largest absolute Gasteiger partial charge is 0.298 e. The van der Waals surface area contributed by atoms with Gasteiger partial charge in [0.05, 0.1) is 0 Å². The summed E-state index contributed by atoms with van der Waals surface area (Å²) in [5.74, 6) is -1.33. The Labute approximate surface area is 88.7 Å². The number of benzene rings is 1. The predicted octanol–water partition coefficient (Wildman–Crippen LogP) is 0.994. The van der Waals surface area contributed by atoms with Gasteiger partial charge in [-0.25, -0.2) is 0 Å². The van der Waals surface area contributed by atoms with Gasteiger partial charge in [-0.05, 0) is 12.5 Å². The first-order valence-electron chi connectivity index (χ1n) is 4.39. The lowest BCUT2D eigenvalue weighted by Gasteiger charge is -2.00. The average molecular weight is 228 g/mol. The number of rotatable bonds is 4. The Bertz CT molecular complexity index is 462. The lowest BCUT2D eigenvalue weighted by atomic mass is 10.1. The van der Waals surface area contributed by atoms with Gasteiger partial charge in [0.1, 0.15) is 5.75 Å². The van der Waals surface area contributed by atoms with Gasteiger partial charge in [-0.1, -0.05) is 29.8 Å². The normalized spacial score (nSPS) is 11.3. The van der Waals surface area contributed by atoms with Gasteiger partial charge in [-0.2, -0.15) is 8.42 Å². The van der Waals surface area contributed by atoms with Crippen LogP contribution in [0.15, 0.2) is 24.3 Å². The fraction of sp³-hybridized carbons (Fsp3) is 0.300. The standard InChI is InChI=1S/C10H12O4S/c1-8-3-2-4-9(5-8)6-10(11)7-15(12,13)14/h2-5H,6-7H2,1H3,(H,12,13,14). The molecule has 1 aromatic rings. The molecule has 15 heavy (non-hydrogen) atoms. The lowest BCUT2D eigenvalue weighted by Crippen LogP contribution is -2.16. The molecule has 0 aromatic heterocycles. The van der Waals surface area contributed by atoms with E-state index in [2.05, 4.69) is 0 Å². The summed E-state index contributed by atoms with van der Waals surface area (Å²) in [5, 5.41) is 0. The van der Waals surface area contributed by atoms with Crippen molar-refractivity contribution in [2.24, 2.45) is 0 Å². The average Bonchev–Trinajstić information content (AvgIpc) is 1.99. The van der Waals surface area contributed by atoms with E-state index in [-0.39, 0.29) is 6.42 Å². The van der Waals surface area contributed by atoms with Gasteiger partial charge in [-0.3, -0.25) is 9.35 Å². The van der Waals surface area contributed by atoms with Crippen molar-refractivity contribution in [3.05, 3.63) is 35.4 Å². The van der Waals surface area contributed by atoms with Crippen molar-refractivity contribution in [2.45, 2.75) is 13.3 Å².